The van der Waals surface area contributed by atoms with E-state index in [2.05, 4.69) is 10.9 Å². The lowest BCUT2D eigenvalue weighted by Crippen LogP contribution is -2.50. The Balaban J connectivity index is 1.68. The van der Waals surface area contributed by atoms with E-state index >= 15 is 0 Å². The second-order valence-electron chi connectivity index (χ2n) is 6.82. The van der Waals surface area contributed by atoms with Crippen LogP contribution in [0.1, 0.15) is 36.9 Å². The zero-order chi connectivity index (χ0) is 18.2. The van der Waals surface area contributed by atoms with E-state index in [1.165, 1.54) is 6.07 Å². The Labute approximate surface area is 147 Å². The number of sulfone groups is 1. The van der Waals surface area contributed by atoms with E-state index in [0.717, 1.165) is 5.56 Å². The summed E-state index contributed by atoms with van der Waals surface area (Å²) in [6, 6.07) is 4.19. The van der Waals surface area contributed by atoms with Gasteiger partial charge in [-0.1, -0.05) is 12.1 Å². The molecule has 3 rings (SSSR count). The zero-order valence-electron chi connectivity index (χ0n) is 14.5. The van der Waals surface area contributed by atoms with Gasteiger partial charge in [-0.15, -0.1) is 0 Å². The minimum atomic E-state index is -3.04. The summed E-state index contributed by atoms with van der Waals surface area (Å²) in [7, 11) is -3.04. The Hall–Kier alpha value is -1.51. The summed E-state index contributed by atoms with van der Waals surface area (Å²) < 4.78 is 36.8. The van der Waals surface area contributed by atoms with Crippen molar-refractivity contribution in [3.05, 3.63) is 35.1 Å². The number of benzene rings is 1. The molecule has 0 aromatic heterocycles. The molecule has 0 radical (unpaired) electrons. The Bertz CT molecular complexity index is 768. The Morgan fingerprint density at radius 1 is 1.36 bits per heavy atom. The molecule has 6 nitrogen and oxygen atoms in total. The topological polar surface area (TPSA) is 78.5 Å². The molecule has 2 heterocycles. The first-order valence-corrected chi connectivity index (χ1v) is 10.4. The van der Waals surface area contributed by atoms with Crippen LogP contribution in [0.2, 0.25) is 0 Å². The molecule has 1 aromatic rings. The number of carbonyl (C=O) groups is 1. The maximum absolute atomic E-state index is 13.4. The molecule has 0 aliphatic carbocycles. The van der Waals surface area contributed by atoms with E-state index in [0.29, 0.717) is 24.9 Å². The monoisotopic (exact) mass is 369 g/mol. The average molecular weight is 369 g/mol. The molecule has 2 N–H and O–H groups in total. The van der Waals surface area contributed by atoms with Crippen molar-refractivity contribution < 1.29 is 17.6 Å². The van der Waals surface area contributed by atoms with Crippen molar-refractivity contribution in [2.75, 3.05) is 18.1 Å². The average Bonchev–Trinajstić information content (AvgIpc) is 3.17. The van der Waals surface area contributed by atoms with E-state index in [1.54, 1.807) is 24.0 Å². The summed E-state index contributed by atoms with van der Waals surface area (Å²) >= 11 is 0. The van der Waals surface area contributed by atoms with Crippen LogP contribution in [0, 0.1) is 12.7 Å². The summed E-state index contributed by atoms with van der Waals surface area (Å²) in [5, 5.41) is 0. The molecule has 8 heteroatoms. The fraction of sp³-hybridized carbons (Fsp3) is 0.588. The largest absolute Gasteiger partial charge is 0.338 e. The predicted octanol–water partition coefficient (Wildman–Crippen LogP) is 1.08. The van der Waals surface area contributed by atoms with Gasteiger partial charge in [-0.3, -0.25) is 4.79 Å². The van der Waals surface area contributed by atoms with Gasteiger partial charge in [0.05, 0.1) is 11.5 Å². The van der Waals surface area contributed by atoms with Crippen LogP contribution in [0.3, 0.4) is 0 Å². The van der Waals surface area contributed by atoms with E-state index in [1.807, 2.05) is 6.92 Å². The Morgan fingerprint density at radius 3 is 2.72 bits per heavy atom. The lowest BCUT2D eigenvalue weighted by Gasteiger charge is -2.29. The molecule has 25 heavy (non-hydrogen) atoms. The number of hydrogen-bond donors (Lipinski definition) is 2. The summed E-state index contributed by atoms with van der Waals surface area (Å²) in [6.45, 7) is 4.06. The molecule has 0 bridgehead atoms. The second kappa shape index (κ2) is 7.01. The first-order valence-electron chi connectivity index (χ1n) is 8.58. The molecule has 2 saturated heterocycles. The molecule has 0 spiro atoms. The standard InChI is InChI=1S/C17H24FN3O3S/c1-3-21(13-6-7-25(23,24)10-13)17(22)16-9-15(19-20-16)12-4-5-14(18)11(2)8-12/h4-5,8,13,15-16,19-20H,3,6-7,9-10H2,1-2H3. The molecule has 138 valence electrons. The lowest BCUT2D eigenvalue weighted by molar-refractivity contribution is -0.134. The van der Waals surface area contributed by atoms with Crippen LogP contribution in [0.25, 0.3) is 0 Å². The molecule has 3 unspecified atom stereocenters. The number of halogens is 1. The number of nitrogens with zero attached hydrogens (tertiary/aromatic N) is 1. The van der Waals surface area contributed by atoms with E-state index in [-0.39, 0.29) is 35.3 Å². The number of aryl methyl sites for hydroxylation is 1. The highest BCUT2D eigenvalue weighted by molar-refractivity contribution is 7.91. The molecule has 2 aliphatic rings. The fourth-order valence-electron chi connectivity index (χ4n) is 3.64. The normalized spacial score (nSPS) is 28.2. The predicted molar refractivity (Wildman–Crippen MR) is 93.0 cm³/mol. The highest BCUT2D eigenvalue weighted by atomic mass is 32.2. The van der Waals surface area contributed by atoms with Crippen LogP contribution in [-0.4, -0.2) is 49.4 Å². The van der Waals surface area contributed by atoms with Crippen molar-refractivity contribution in [1.82, 2.24) is 15.8 Å². The van der Waals surface area contributed by atoms with Gasteiger partial charge in [0.25, 0.3) is 0 Å². The van der Waals surface area contributed by atoms with Crippen molar-refractivity contribution in [2.45, 2.75) is 44.8 Å². The van der Waals surface area contributed by atoms with Crippen molar-refractivity contribution >= 4 is 15.7 Å². The minimum absolute atomic E-state index is 0.0489. The third-order valence-corrected chi connectivity index (χ3v) is 6.81. The van der Waals surface area contributed by atoms with Gasteiger partial charge in [-0.05, 0) is 43.9 Å². The number of carbonyl (C=O) groups excluding carboxylic acids is 1. The molecule has 2 aliphatic heterocycles. The van der Waals surface area contributed by atoms with Crippen molar-refractivity contribution in [3.8, 4) is 0 Å². The van der Waals surface area contributed by atoms with Gasteiger partial charge in [-0.25, -0.2) is 23.7 Å². The van der Waals surface area contributed by atoms with Crippen LogP contribution in [0.15, 0.2) is 18.2 Å². The molecule has 2 fully saturated rings. The van der Waals surface area contributed by atoms with Gasteiger partial charge in [0.15, 0.2) is 9.84 Å². The highest BCUT2D eigenvalue weighted by Crippen LogP contribution is 2.26. The van der Waals surface area contributed by atoms with Crippen LogP contribution in [0.5, 0.6) is 0 Å². The number of hydrazine groups is 1. The van der Waals surface area contributed by atoms with Crippen molar-refractivity contribution in [2.24, 2.45) is 0 Å². The highest BCUT2D eigenvalue weighted by Gasteiger charge is 2.38. The van der Waals surface area contributed by atoms with E-state index in [9.17, 15) is 17.6 Å². The number of nitrogens with one attached hydrogen (secondary N) is 2. The van der Waals surface area contributed by atoms with Gasteiger partial charge < -0.3 is 4.90 Å². The molecule has 1 aromatic carbocycles. The maximum Gasteiger partial charge on any atom is 0.241 e. The number of amides is 1. The third kappa shape index (κ3) is 3.86. The zero-order valence-corrected chi connectivity index (χ0v) is 15.3. The summed E-state index contributed by atoms with van der Waals surface area (Å²) in [6.07, 6.45) is 1.04. The molecule has 0 saturated carbocycles. The van der Waals surface area contributed by atoms with Gasteiger partial charge in [-0.2, -0.15) is 0 Å². The molecule has 3 atom stereocenters. The van der Waals surface area contributed by atoms with E-state index < -0.39 is 15.9 Å². The summed E-state index contributed by atoms with van der Waals surface area (Å²) in [4.78, 5) is 14.5. The number of rotatable bonds is 4. The molecule has 1 amide bonds. The first kappa shape index (κ1) is 18.3. The molecular formula is C17H24FN3O3S. The maximum atomic E-state index is 13.4. The van der Waals surface area contributed by atoms with Crippen LogP contribution in [0.4, 0.5) is 4.39 Å². The number of hydrogen-bond acceptors (Lipinski definition) is 5. The quantitative estimate of drug-likeness (QED) is 0.830. The molecular weight excluding hydrogens is 345 g/mol. The fourth-order valence-corrected chi connectivity index (χ4v) is 5.37. The minimum Gasteiger partial charge on any atom is -0.338 e. The Kier molecular flexibility index (Phi) is 5.13. The number of likely N-dealkylation sites (N-methyl/N-ethyl adjacent to an activating group) is 1. The van der Waals surface area contributed by atoms with E-state index in [4.69, 9.17) is 0 Å². The lowest BCUT2D eigenvalue weighted by atomic mass is 9.99. The first-order chi connectivity index (χ1) is 11.8. The van der Waals surface area contributed by atoms with Crippen LogP contribution < -0.4 is 10.9 Å². The van der Waals surface area contributed by atoms with Gasteiger partial charge in [0.1, 0.15) is 11.9 Å². The van der Waals surface area contributed by atoms with Gasteiger partial charge in [0.2, 0.25) is 5.91 Å². The smallest absolute Gasteiger partial charge is 0.241 e. The second-order valence-corrected chi connectivity index (χ2v) is 9.05. The summed E-state index contributed by atoms with van der Waals surface area (Å²) in [5.41, 5.74) is 7.61. The Morgan fingerprint density at radius 2 is 2.12 bits per heavy atom. The van der Waals surface area contributed by atoms with Crippen molar-refractivity contribution in [3.63, 3.8) is 0 Å². The van der Waals surface area contributed by atoms with Crippen molar-refractivity contribution in [1.29, 1.82) is 0 Å². The SMILES string of the molecule is CCN(C(=O)C1CC(c2ccc(F)c(C)c2)NN1)C1CCS(=O)(=O)C1. The summed E-state index contributed by atoms with van der Waals surface area (Å²) in [5.74, 6) is -0.136. The van der Waals surface area contributed by atoms with Crippen LogP contribution in [-0.2, 0) is 14.6 Å². The van der Waals surface area contributed by atoms with Gasteiger partial charge in [0, 0.05) is 18.6 Å². The third-order valence-electron chi connectivity index (χ3n) is 5.06. The van der Waals surface area contributed by atoms with Crippen LogP contribution >= 0.6 is 0 Å². The van der Waals surface area contributed by atoms with Gasteiger partial charge >= 0.3 is 0 Å².